The van der Waals surface area contributed by atoms with E-state index in [1.54, 1.807) is 0 Å². The molecule has 1 aliphatic carbocycles. The van der Waals surface area contributed by atoms with Crippen molar-refractivity contribution in [1.29, 1.82) is 0 Å². The molecule has 0 bridgehead atoms. The number of benzene rings is 1. The highest BCUT2D eigenvalue weighted by Gasteiger charge is 2.29. The number of hydrogen-bond acceptors (Lipinski definition) is 4. The lowest BCUT2D eigenvalue weighted by atomic mass is 10.1. The second-order valence-electron chi connectivity index (χ2n) is 5.32. The van der Waals surface area contributed by atoms with Crippen LogP contribution in [0, 0.1) is 19.8 Å². The van der Waals surface area contributed by atoms with Crippen molar-refractivity contribution in [3.05, 3.63) is 29.3 Å². The fourth-order valence-electron chi connectivity index (χ4n) is 1.77. The quantitative estimate of drug-likeness (QED) is 0.572. The molecular weight excluding hydrogens is 302 g/mol. The molecule has 1 fully saturated rings. The normalized spacial score (nSPS) is 13.2. The Hall–Kier alpha value is -2.15. The number of carbonyl (C=O) groups excluding carboxylic acids is 2. The third-order valence-electron chi connectivity index (χ3n) is 3.20. The minimum Gasteiger partial charge on any atom is -0.483 e. The van der Waals surface area contributed by atoms with Gasteiger partial charge in [-0.3, -0.25) is 25.8 Å². The maximum atomic E-state index is 11.7. The maximum absolute atomic E-state index is 11.7. The standard InChI is InChI=1S/C15H19N3O3S/c1-9-3-4-10(2)12(7-9)21-8-13(19)16-15(22)18-17-14(20)11-5-6-11/h3-4,7,11H,5-6,8H2,1-2H3,(H,17,20)(H2,16,18,19,22). The van der Waals surface area contributed by atoms with Crippen molar-refractivity contribution >= 4 is 29.1 Å². The monoisotopic (exact) mass is 321 g/mol. The van der Waals surface area contributed by atoms with Crippen LogP contribution in [0.4, 0.5) is 0 Å². The van der Waals surface area contributed by atoms with Gasteiger partial charge in [-0.05, 0) is 56.1 Å². The van der Waals surface area contributed by atoms with Gasteiger partial charge in [0.2, 0.25) is 5.91 Å². The van der Waals surface area contributed by atoms with Gasteiger partial charge in [0.1, 0.15) is 5.75 Å². The molecule has 1 aliphatic rings. The Bertz CT molecular complexity index is 600. The summed E-state index contributed by atoms with van der Waals surface area (Å²) in [7, 11) is 0. The van der Waals surface area contributed by atoms with Crippen LogP contribution in [0.2, 0.25) is 0 Å². The minimum absolute atomic E-state index is 0.0450. The largest absolute Gasteiger partial charge is 0.483 e. The fraction of sp³-hybridized carbons (Fsp3) is 0.400. The summed E-state index contributed by atoms with van der Waals surface area (Å²) in [5, 5.41) is 2.49. The summed E-state index contributed by atoms with van der Waals surface area (Å²) in [6.07, 6.45) is 1.80. The molecule has 1 aromatic rings. The highest BCUT2D eigenvalue weighted by atomic mass is 32.1. The van der Waals surface area contributed by atoms with E-state index in [0.29, 0.717) is 5.75 Å². The van der Waals surface area contributed by atoms with Crippen LogP contribution in [0.3, 0.4) is 0 Å². The van der Waals surface area contributed by atoms with Crippen LogP contribution in [0.5, 0.6) is 5.75 Å². The van der Waals surface area contributed by atoms with Gasteiger partial charge >= 0.3 is 0 Å². The summed E-state index contributed by atoms with van der Waals surface area (Å²) in [6.45, 7) is 3.71. The van der Waals surface area contributed by atoms with Crippen molar-refractivity contribution < 1.29 is 14.3 Å². The Morgan fingerprint density at radius 2 is 2.00 bits per heavy atom. The topological polar surface area (TPSA) is 79.5 Å². The molecule has 0 atom stereocenters. The summed E-state index contributed by atoms with van der Waals surface area (Å²) in [5.74, 6) is 0.233. The number of rotatable bonds is 4. The number of hydrazine groups is 1. The van der Waals surface area contributed by atoms with E-state index in [4.69, 9.17) is 17.0 Å². The molecule has 0 aliphatic heterocycles. The van der Waals surface area contributed by atoms with Crippen LogP contribution in [-0.4, -0.2) is 23.5 Å². The summed E-state index contributed by atoms with van der Waals surface area (Å²) in [4.78, 5) is 23.1. The molecule has 0 radical (unpaired) electrons. The first kappa shape index (κ1) is 16.2. The van der Waals surface area contributed by atoms with E-state index in [1.807, 2.05) is 32.0 Å². The van der Waals surface area contributed by atoms with Gasteiger partial charge in [0, 0.05) is 5.92 Å². The molecule has 0 aromatic heterocycles. The third kappa shape index (κ3) is 5.00. The molecule has 3 N–H and O–H groups in total. The summed E-state index contributed by atoms with van der Waals surface area (Å²) in [5.41, 5.74) is 6.96. The van der Waals surface area contributed by atoms with Crippen LogP contribution in [0.1, 0.15) is 24.0 Å². The van der Waals surface area contributed by atoms with E-state index in [9.17, 15) is 9.59 Å². The first-order chi connectivity index (χ1) is 10.5. The Morgan fingerprint density at radius 3 is 2.68 bits per heavy atom. The van der Waals surface area contributed by atoms with Gasteiger partial charge in [-0.15, -0.1) is 0 Å². The Kier molecular flexibility index (Phi) is 5.32. The lowest BCUT2D eigenvalue weighted by Gasteiger charge is -2.12. The average molecular weight is 321 g/mol. The van der Waals surface area contributed by atoms with Crippen molar-refractivity contribution in [2.75, 3.05) is 6.61 Å². The third-order valence-corrected chi connectivity index (χ3v) is 3.41. The molecule has 2 amide bonds. The Labute approximate surface area is 134 Å². The predicted octanol–water partition coefficient (Wildman–Crippen LogP) is 1.11. The fourth-order valence-corrected chi connectivity index (χ4v) is 1.93. The molecule has 6 nitrogen and oxygen atoms in total. The zero-order valence-corrected chi connectivity index (χ0v) is 13.4. The molecule has 0 unspecified atom stereocenters. The van der Waals surface area contributed by atoms with E-state index < -0.39 is 0 Å². The van der Waals surface area contributed by atoms with Gasteiger partial charge in [0.15, 0.2) is 11.7 Å². The summed E-state index contributed by atoms with van der Waals surface area (Å²) >= 11 is 4.92. The highest BCUT2D eigenvalue weighted by molar-refractivity contribution is 7.80. The number of thiocarbonyl (C=S) groups is 1. The molecule has 0 saturated heterocycles. The predicted molar refractivity (Wildman–Crippen MR) is 86.2 cm³/mol. The number of nitrogens with one attached hydrogen (secondary N) is 3. The zero-order chi connectivity index (χ0) is 16.1. The van der Waals surface area contributed by atoms with Crippen molar-refractivity contribution in [3.8, 4) is 5.75 Å². The van der Waals surface area contributed by atoms with Gasteiger partial charge in [-0.25, -0.2) is 0 Å². The van der Waals surface area contributed by atoms with Gasteiger partial charge in [-0.1, -0.05) is 12.1 Å². The molecule has 118 valence electrons. The van der Waals surface area contributed by atoms with Crippen LogP contribution < -0.4 is 20.9 Å². The number of aryl methyl sites for hydroxylation is 2. The number of carbonyl (C=O) groups is 2. The van der Waals surface area contributed by atoms with Gasteiger partial charge < -0.3 is 4.74 Å². The molecule has 1 saturated carbocycles. The lowest BCUT2D eigenvalue weighted by Crippen LogP contribution is -2.49. The van der Waals surface area contributed by atoms with E-state index in [-0.39, 0.29) is 29.5 Å². The zero-order valence-electron chi connectivity index (χ0n) is 12.6. The van der Waals surface area contributed by atoms with E-state index >= 15 is 0 Å². The van der Waals surface area contributed by atoms with Crippen LogP contribution >= 0.6 is 12.2 Å². The van der Waals surface area contributed by atoms with E-state index in [0.717, 1.165) is 24.0 Å². The van der Waals surface area contributed by atoms with Crippen LogP contribution in [0.25, 0.3) is 0 Å². The van der Waals surface area contributed by atoms with Crippen molar-refractivity contribution in [2.24, 2.45) is 5.92 Å². The van der Waals surface area contributed by atoms with Crippen LogP contribution in [-0.2, 0) is 9.59 Å². The number of ether oxygens (including phenoxy) is 1. The Balaban J connectivity index is 1.71. The lowest BCUT2D eigenvalue weighted by molar-refractivity contribution is -0.123. The highest BCUT2D eigenvalue weighted by Crippen LogP contribution is 2.28. The van der Waals surface area contributed by atoms with Crippen LogP contribution in [0.15, 0.2) is 18.2 Å². The molecule has 22 heavy (non-hydrogen) atoms. The molecule has 0 heterocycles. The first-order valence-electron chi connectivity index (χ1n) is 7.05. The smallest absolute Gasteiger partial charge is 0.264 e. The second-order valence-corrected chi connectivity index (χ2v) is 5.73. The molecule has 7 heteroatoms. The van der Waals surface area contributed by atoms with Gasteiger partial charge in [0.25, 0.3) is 5.91 Å². The maximum Gasteiger partial charge on any atom is 0.264 e. The van der Waals surface area contributed by atoms with Crippen molar-refractivity contribution in [1.82, 2.24) is 16.2 Å². The Morgan fingerprint density at radius 1 is 1.27 bits per heavy atom. The molecule has 0 spiro atoms. The number of hydrogen-bond donors (Lipinski definition) is 3. The summed E-state index contributed by atoms with van der Waals surface area (Å²) < 4.78 is 5.47. The summed E-state index contributed by atoms with van der Waals surface area (Å²) in [6, 6.07) is 5.78. The van der Waals surface area contributed by atoms with E-state index in [2.05, 4.69) is 16.2 Å². The van der Waals surface area contributed by atoms with E-state index in [1.165, 1.54) is 0 Å². The van der Waals surface area contributed by atoms with Crippen molar-refractivity contribution in [3.63, 3.8) is 0 Å². The van der Waals surface area contributed by atoms with Gasteiger partial charge in [-0.2, -0.15) is 0 Å². The van der Waals surface area contributed by atoms with Crippen molar-refractivity contribution in [2.45, 2.75) is 26.7 Å². The number of amides is 2. The molecule has 2 rings (SSSR count). The SMILES string of the molecule is Cc1ccc(C)c(OCC(=O)NC(=S)NNC(=O)C2CC2)c1. The molecule has 1 aromatic carbocycles. The minimum atomic E-state index is -0.390. The molecular formula is C15H19N3O3S. The second kappa shape index (κ2) is 7.22. The van der Waals surface area contributed by atoms with Gasteiger partial charge in [0.05, 0.1) is 0 Å². The first-order valence-corrected chi connectivity index (χ1v) is 7.46. The average Bonchev–Trinajstić information content (AvgIpc) is 3.30.